The average Bonchev–Trinajstić information content (AvgIpc) is 2.13. The first-order valence-corrected chi connectivity index (χ1v) is 6.14. The SMILES string of the molecule is COC(=O)C12CC(C)CC(CC(C)C1)C2. The first-order valence-electron chi connectivity index (χ1n) is 6.14. The standard InChI is InChI=1S/C13H22O2/c1-9-4-11-5-10(2)7-13(6-9,8-11)12(14)15-3/h9-11H,4-8H2,1-3H3. The van der Waals surface area contributed by atoms with Crippen LogP contribution in [0.3, 0.4) is 0 Å². The molecular weight excluding hydrogens is 188 g/mol. The number of carbonyl (C=O) groups is 1. The second-order valence-corrected chi connectivity index (χ2v) is 5.93. The van der Waals surface area contributed by atoms with Crippen molar-refractivity contribution in [2.75, 3.05) is 7.11 Å². The maximum atomic E-state index is 12.0. The van der Waals surface area contributed by atoms with Crippen LogP contribution in [0.2, 0.25) is 0 Å². The van der Waals surface area contributed by atoms with Gasteiger partial charge in [0.25, 0.3) is 0 Å². The molecule has 2 aliphatic carbocycles. The summed E-state index contributed by atoms with van der Waals surface area (Å²) in [5.74, 6) is 2.19. The Bertz CT molecular complexity index is 240. The number of esters is 1. The van der Waals surface area contributed by atoms with E-state index in [1.165, 1.54) is 20.0 Å². The number of fused-ring (bicyclic) bond motifs is 2. The van der Waals surface area contributed by atoms with Crippen molar-refractivity contribution in [3.05, 3.63) is 0 Å². The first kappa shape index (κ1) is 11.0. The van der Waals surface area contributed by atoms with Crippen LogP contribution in [0, 0.1) is 23.2 Å². The molecule has 0 N–H and O–H groups in total. The number of carbonyl (C=O) groups excluding carboxylic acids is 1. The van der Waals surface area contributed by atoms with Gasteiger partial charge in [-0.2, -0.15) is 0 Å². The number of hydrogen-bond donors (Lipinski definition) is 0. The van der Waals surface area contributed by atoms with Crippen LogP contribution in [0.4, 0.5) is 0 Å². The van der Waals surface area contributed by atoms with E-state index in [-0.39, 0.29) is 11.4 Å². The van der Waals surface area contributed by atoms with Crippen LogP contribution in [0.15, 0.2) is 0 Å². The molecule has 2 bridgehead atoms. The van der Waals surface area contributed by atoms with Crippen LogP contribution < -0.4 is 0 Å². The molecule has 0 aromatic rings. The monoisotopic (exact) mass is 210 g/mol. The minimum absolute atomic E-state index is 0.0469. The quantitative estimate of drug-likeness (QED) is 0.622. The number of hydrogen-bond acceptors (Lipinski definition) is 2. The van der Waals surface area contributed by atoms with E-state index in [4.69, 9.17) is 4.74 Å². The van der Waals surface area contributed by atoms with E-state index < -0.39 is 0 Å². The second-order valence-electron chi connectivity index (χ2n) is 5.93. The molecule has 0 aliphatic heterocycles. The minimum atomic E-state index is -0.130. The molecule has 2 atom stereocenters. The highest BCUT2D eigenvalue weighted by Crippen LogP contribution is 2.53. The van der Waals surface area contributed by atoms with Crippen molar-refractivity contribution in [2.24, 2.45) is 23.2 Å². The van der Waals surface area contributed by atoms with E-state index in [9.17, 15) is 4.79 Å². The fourth-order valence-corrected chi connectivity index (χ4v) is 4.17. The summed E-state index contributed by atoms with van der Waals surface area (Å²) < 4.78 is 5.02. The predicted octanol–water partition coefficient (Wildman–Crippen LogP) is 3.01. The molecule has 2 saturated carbocycles. The van der Waals surface area contributed by atoms with Crippen molar-refractivity contribution in [2.45, 2.75) is 46.0 Å². The molecule has 0 aromatic heterocycles. The molecule has 86 valence electrons. The average molecular weight is 210 g/mol. The molecule has 0 amide bonds. The van der Waals surface area contributed by atoms with Gasteiger partial charge in [-0.25, -0.2) is 0 Å². The summed E-state index contributed by atoms with van der Waals surface area (Å²) in [6.07, 6.45) is 5.78. The molecular formula is C13H22O2. The first-order chi connectivity index (χ1) is 7.05. The van der Waals surface area contributed by atoms with Gasteiger partial charge in [-0.3, -0.25) is 4.79 Å². The zero-order chi connectivity index (χ0) is 11.1. The molecule has 2 fully saturated rings. The Morgan fingerprint density at radius 3 is 2.13 bits per heavy atom. The van der Waals surface area contributed by atoms with Gasteiger partial charge in [-0.15, -0.1) is 0 Å². The summed E-state index contributed by atoms with van der Waals surface area (Å²) in [5, 5.41) is 0. The summed E-state index contributed by atoms with van der Waals surface area (Å²) in [6, 6.07) is 0. The second kappa shape index (κ2) is 3.80. The number of ether oxygens (including phenoxy) is 1. The third kappa shape index (κ3) is 1.91. The van der Waals surface area contributed by atoms with Crippen LogP contribution in [-0.2, 0) is 9.53 Å². The molecule has 2 unspecified atom stereocenters. The van der Waals surface area contributed by atoms with Crippen molar-refractivity contribution >= 4 is 5.97 Å². The zero-order valence-electron chi connectivity index (χ0n) is 10.1. The fourth-order valence-electron chi connectivity index (χ4n) is 4.17. The molecule has 15 heavy (non-hydrogen) atoms. The van der Waals surface area contributed by atoms with E-state index in [0.29, 0.717) is 11.8 Å². The lowest BCUT2D eigenvalue weighted by Gasteiger charge is -2.47. The Kier molecular flexibility index (Phi) is 2.78. The third-order valence-electron chi connectivity index (χ3n) is 4.25. The summed E-state index contributed by atoms with van der Waals surface area (Å²) in [4.78, 5) is 12.0. The molecule has 0 aromatic carbocycles. The largest absolute Gasteiger partial charge is 0.469 e. The van der Waals surface area contributed by atoms with Gasteiger partial charge in [-0.05, 0) is 49.9 Å². The Balaban J connectivity index is 2.22. The van der Waals surface area contributed by atoms with Gasteiger partial charge in [0.1, 0.15) is 0 Å². The van der Waals surface area contributed by atoms with Gasteiger partial charge >= 0.3 is 5.97 Å². The summed E-state index contributed by atoms with van der Waals surface area (Å²) in [5.41, 5.74) is -0.130. The van der Waals surface area contributed by atoms with Crippen LogP contribution in [0.25, 0.3) is 0 Å². The molecule has 0 radical (unpaired) electrons. The molecule has 0 saturated heterocycles. The molecule has 0 spiro atoms. The Morgan fingerprint density at radius 1 is 1.13 bits per heavy atom. The number of methoxy groups -OCH3 is 1. The molecule has 2 rings (SSSR count). The maximum Gasteiger partial charge on any atom is 0.311 e. The third-order valence-corrected chi connectivity index (χ3v) is 4.25. The molecule has 2 heteroatoms. The van der Waals surface area contributed by atoms with E-state index >= 15 is 0 Å². The van der Waals surface area contributed by atoms with Crippen molar-refractivity contribution < 1.29 is 9.53 Å². The van der Waals surface area contributed by atoms with E-state index in [0.717, 1.165) is 25.2 Å². The number of rotatable bonds is 1. The van der Waals surface area contributed by atoms with Gasteiger partial charge < -0.3 is 4.74 Å². The lowest BCUT2D eigenvalue weighted by molar-refractivity contribution is -0.162. The van der Waals surface area contributed by atoms with Crippen LogP contribution >= 0.6 is 0 Å². The molecule has 2 aliphatic rings. The Labute approximate surface area is 92.4 Å². The lowest BCUT2D eigenvalue weighted by Crippen LogP contribution is -2.45. The fraction of sp³-hybridized carbons (Fsp3) is 0.923. The molecule has 2 nitrogen and oxygen atoms in total. The van der Waals surface area contributed by atoms with E-state index in [1.807, 2.05) is 0 Å². The smallest absolute Gasteiger partial charge is 0.311 e. The minimum Gasteiger partial charge on any atom is -0.469 e. The summed E-state index contributed by atoms with van der Waals surface area (Å²) >= 11 is 0. The topological polar surface area (TPSA) is 26.3 Å². The van der Waals surface area contributed by atoms with Gasteiger partial charge in [0, 0.05) is 0 Å². The highest BCUT2D eigenvalue weighted by atomic mass is 16.5. The summed E-state index contributed by atoms with van der Waals surface area (Å²) in [7, 11) is 1.53. The normalized spacial score (nSPS) is 44.9. The van der Waals surface area contributed by atoms with Crippen molar-refractivity contribution in [3.8, 4) is 0 Å². The van der Waals surface area contributed by atoms with Gasteiger partial charge in [0.2, 0.25) is 0 Å². The van der Waals surface area contributed by atoms with Crippen molar-refractivity contribution in [1.29, 1.82) is 0 Å². The zero-order valence-corrected chi connectivity index (χ0v) is 10.1. The van der Waals surface area contributed by atoms with Gasteiger partial charge in [0.15, 0.2) is 0 Å². The van der Waals surface area contributed by atoms with Crippen LogP contribution in [0.1, 0.15) is 46.0 Å². The van der Waals surface area contributed by atoms with E-state index in [2.05, 4.69) is 13.8 Å². The van der Waals surface area contributed by atoms with Gasteiger partial charge in [0.05, 0.1) is 12.5 Å². The highest BCUT2D eigenvalue weighted by molar-refractivity contribution is 5.77. The molecule has 0 heterocycles. The van der Waals surface area contributed by atoms with Gasteiger partial charge in [-0.1, -0.05) is 13.8 Å². The Morgan fingerprint density at radius 2 is 1.67 bits per heavy atom. The van der Waals surface area contributed by atoms with Crippen molar-refractivity contribution in [3.63, 3.8) is 0 Å². The van der Waals surface area contributed by atoms with E-state index in [1.54, 1.807) is 0 Å². The maximum absolute atomic E-state index is 12.0. The summed E-state index contributed by atoms with van der Waals surface area (Å²) in [6.45, 7) is 4.56. The lowest BCUT2D eigenvalue weighted by atomic mass is 9.57. The van der Waals surface area contributed by atoms with Crippen LogP contribution in [0.5, 0.6) is 0 Å². The van der Waals surface area contributed by atoms with Crippen molar-refractivity contribution in [1.82, 2.24) is 0 Å². The Hall–Kier alpha value is -0.530. The van der Waals surface area contributed by atoms with Crippen LogP contribution in [-0.4, -0.2) is 13.1 Å². The predicted molar refractivity (Wildman–Crippen MR) is 59.4 cm³/mol. The highest BCUT2D eigenvalue weighted by Gasteiger charge is 2.49.